The van der Waals surface area contributed by atoms with Crippen LogP contribution in [0.3, 0.4) is 0 Å². The highest BCUT2D eigenvalue weighted by Crippen LogP contribution is 2.26. The number of carbonyl (C=O) groups is 3. The van der Waals surface area contributed by atoms with Crippen LogP contribution in [0.4, 0.5) is 11.4 Å². The first-order chi connectivity index (χ1) is 18.6. The largest absolute Gasteiger partial charge is 0.488 e. The maximum atomic E-state index is 13.5. The Morgan fingerprint density at radius 3 is 2.62 bits per heavy atom. The number of benzene rings is 2. The van der Waals surface area contributed by atoms with E-state index in [1.165, 1.54) is 6.07 Å². The predicted octanol–water partition coefficient (Wildman–Crippen LogP) is 1.06. The number of nitrogens with zero attached hydrogens (tertiary/aromatic N) is 1. The lowest BCUT2D eigenvalue weighted by Gasteiger charge is -2.28. The molecule has 0 aromatic heterocycles. The Hall–Kier alpha value is -4.32. The van der Waals surface area contributed by atoms with Gasteiger partial charge in [0.1, 0.15) is 12.4 Å². The number of hydrogen-bond donors (Lipinski definition) is 7. The molecule has 0 spiro atoms. The molecule has 0 aliphatic carbocycles. The van der Waals surface area contributed by atoms with E-state index in [1.54, 1.807) is 30.3 Å². The summed E-state index contributed by atoms with van der Waals surface area (Å²) in [5, 5.41) is 9.33. The van der Waals surface area contributed by atoms with E-state index < -0.39 is 11.9 Å². The van der Waals surface area contributed by atoms with Crippen molar-refractivity contribution in [2.24, 2.45) is 28.1 Å². The molecule has 2 aromatic rings. The van der Waals surface area contributed by atoms with Crippen LogP contribution in [0.2, 0.25) is 0 Å². The van der Waals surface area contributed by atoms with Crippen LogP contribution < -0.4 is 43.6 Å². The highest BCUT2D eigenvalue weighted by molar-refractivity contribution is 5.99. The molecule has 3 rings (SSSR count). The minimum absolute atomic E-state index is 0.0102. The van der Waals surface area contributed by atoms with Crippen molar-refractivity contribution >= 4 is 35.1 Å². The molecule has 12 heteroatoms. The SMILES string of the molecule is CCC(C)C1CNC(CCCN=C(N)N)C(=O)Nc2cc(C(N)=O)ccc2COc2ccc(N)cc2C(=O)N1. The van der Waals surface area contributed by atoms with Gasteiger partial charge in [-0.1, -0.05) is 26.3 Å². The van der Waals surface area contributed by atoms with Gasteiger partial charge in [0.15, 0.2) is 5.96 Å². The van der Waals surface area contributed by atoms with E-state index in [2.05, 4.69) is 20.9 Å². The number of aliphatic imine (C=N–C) groups is 1. The van der Waals surface area contributed by atoms with Gasteiger partial charge in [-0.15, -0.1) is 0 Å². The molecular formula is C27H38N8O4. The topological polar surface area (TPSA) is 213 Å². The molecule has 0 saturated heterocycles. The lowest BCUT2D eigenvalue weighted by Crippen LogP contribution is -2.51. The fourth-order valence-corrected chi connectivity index (χ4v) is 4.22. The number of primary amides is 1. The number of ether oxygens (including phenoxy) is 1. The highest BCUT2D eigenvalue weighted by atomic mass is 16.5. The Kier molecular flexibility index (Phi) is 10.1. The van der Waals surface area contributed by atoms with Gasteiger partial charge in [-0.25, -0.2) is 0 Å². The van der Waals surface area contributed by atoms with Crippen LogP contribution in [0.1, 0.15) is 59.4 Å². The molecule has 3 amide bonds. The number of fused-ring (bicyclic) bond motifs is 2. The predicted molar refractivity (Wildman–Crippen MR) is 151 cm³/mol. The number of nitrogen functional groups attached to an aromatic ring is 1. The van der Waals surface area contributed by atoms with Gasteiger partial charge in [0.2, 0.25) is 11.8 Å². The first-order valence-electron chi connectivity index (χ1n) is 12.9. The number of rotatable bonds is 7. The zero-order valence-electron chi connectivity index (χ0n) is 22.3. The molecule has 210 valence electrons. The van der Waals surface area contributed by atoms with E-state index in [0.29, 0.717) is 54.2 Å². The van der Waals surface area contributed by atoms with Gasteiger partial charge < -0.3 is 43.6 Å². The summed E-state index contributed by atoms with van der Waals surface area (Å²) < 4.78 is 6.03. The Bertz CT molecular complexity index is 1230. The number of carbonyl (C=O) groups excluding carboxylic acids is 3. The average Bonchev–Trinajstić information content (AvgIpc) is 2.90. The summed E-state index contributed by atoms with van der Waals surface area (Å²) in [6.07, 6.45) is 1.76. The third kappa shape index (κ3) is 8.08. The van der Waals surface area contributed by atoms with Gasteiger partial charge in [-0.2, -0.15) is 0 Å². The van der Waals surface area contributed by atoms with Crippen molar-refractivity contribution in [3.8, 4) is 5.75 Å². The molecule has 12 nitrogen and oxygen atoms in total. The molecule has 39 heavy (non-hydrogen) atoms. The molecule has 0 saturated carbocycles. The highest BCUT2D eigenvalue weighted by Gasteiger charge is 2.26. The number of guanidine groups is 1. The Morgan fingerprint density at radius 2 is 1.92 bits per heavy atom. The maximum absolute atomic E-state index is 13.5. The second kappa shape index (κ2) is 13.5. The monoisotopic (exact) mass is 538 g/mol. The van der Waals surface area contributed by atoms with E-state index in [-0.39, 0.29) is 41.9 Å². The lowest BCUT2D eigenvalue weighted by molar-refractivity contribution is -0.118. The number of nitrogens with one attached hydrogen (secondary N) is 3. The number of amides is 3. The molecule has 3 atom stereocenters. The summed E-state index contributed by atoms with van der Waals surface area (Å²) in [6, 6.07) is 8.64. The van der Waals surface area contributed by atoms with E-state index in [0.717, 1.165) is 6.42 Å². The van der Waals surface area contributed by atoms with Crippen LogP contribution in [0, 0.1) is 5.92 Å². The van der Waals surface area contributed by atoms with Crippen LogP contribution in [0.25, 0.3) is 0 Å². The van der Waals surface area contributed by atoms with Crippen LogP contribution in [0.15, 0.2) is 41.4 Å². The van der Waals surface area contributed by atoms with Gasteiger partial charge in [-0.05, 0) is 49.1 Å². The van der Waals surface area contributed by atoms with Crippen molar-refractivity contribution in [1.82, 2.24) is 10.6 Å². The minimum atomic E-state index is -0.639. The summed E-state index contributed by atoms with van der Waals surface area (Å²) in [7, 11) is 0. The molecule has 0 radical (unpaired) electrons. The zero-order valence-corrected chi connectivity index (χ0v) is 22.3. The minimum Gasteiger partial charge on any atom is -0.488 e. The summed E-state index contributed by atoms with van der Waals surface area (Å²) in [5.74, 6) is -0.867. The van der Waals surface area contributed by atoms with E-state index >= 15 is 0 Å². The van der Waals surface area contributed by atoms with Crippen LogP contribution >= 0.6 is 0 Å². The quantitative estimate of drug-likeness (QED) is 0.117. The van der Waals surface area contributed by atoms with E-state index in [9.17, 15) is 14.4 Å². The third-order valence-corrected chi connectivity index (χ3v) is 6.78. The normalized spacial score (nSPS) is 18.7. The van der Waals surface area contributed by atoms with Gasteiger partial charge in [0.25, 0.3) is 5.91 Å². The van der Waals surface area contributed by atoms with Gasteiger partial charge >= 0.3 is 0 Å². The van der Waals surface area contributed by atoms with E-state index in [1.807, 2.05) is 13.8 Å². The fourth-order valence-electron chi connectivity index (χ4n) is 4.22. The van der Waals surface area contributed by atoms with Crippen molar-refractivity contribution in [2.75, 3.05) is 24.1 Å². The summed E-state index contributed by atoms with van der Waals surface area (Å²) in [4.78, 5) is 42.7. The fraction of sp³-hybridized carbons (Fsp3) is 0.407. The standard InChI is InChI=1S/C27H38N8O4/c1-3-15(2)22-13-33-20(5-4-10-32-27(30)31)26(38)34-21-11-16(24(29)36)6-7-17(21)14-39-23-9-8-18(28)12-19(23)25(37)35-22/h6-9,11-12,15,20,22,33H,3-5,10,13-14,28H2,1-2H3,(H2,29,36)(H,34,38)(H,35,37)(H4,30,31,32). The van der Waals surface area contributed by atoms with Crippen LogP contribution in [0.5, 0.6) is 5.75 Å². The molecule has 0 bridgehead atoms. The molecule has 1 aliphatic heterocycles. The molecular weight excluding hydrogens is 500 g/mol. The average molecular weight is 539 g/mol. The molecule has 1 heterocycles. The number of nitrogens with two attached hydrogens (primary N) is 4. The van der Waals surface area contributed by atoms with Crippen molar-refractivity contribution in [3.05, 3.63) is 53.1 Å². The van der Waals surface area contributed by atoms with Crippen LogP contribution in [-0.2, 0) is 11.4 Å². The maximum Gasteiger partial charge on any atom is 0.255 e. The van der Waals surface area contributed by atoms with Crippen LogP contribution in [-0.4, -0.2) is 48.9 Å². The Labute approximate surface area is 227 Å². The second-order valence-electron chi connectivity index (χ2n) is 9.64. The molecule has 2 aromatic carbocycles. The van der Waals surface area contributed by atoms with Gasteiger partial charge in [0, 0.05) is 41.6 Å². The van der Waals surface area contributed by atoms with Crippen molar-refractivity contribution in [2.45, 2.75) is 51.8 Å². The summed E-state index contributed by atoms with van der Waals surface area (Å²) >= 11 is 0. The lowest BCUT2D eigenvalue weighted by atomic mass is 9.97. The van der Waals surface area contributed by atoms with Crippen molar-refractivity contribution < 1.29 is 19.1 Å². The van der Waals surface area contributed by atoms with Gasteiger partial charge in [0.05, 0.1) is 11.6 Å². The second-order valence-corrected chi connectivity index (χ2v) is 9.64. The number of anilines is 2. The Morgan fingerprint density at radius 1 is 1.15 bits per heavy atom. The number of hydrogen-bond acceptors (Lipinski definition) is 7. The molecule has 11 N–H and O–H groups in total. The van der Waals surface area contributed by atoms with Gasteiger partial charge in [-0.3, -0.25) is 19.4 Å². The van der Waals surface area contributed by atoms with E-state index in [4.69, 9.17) is 27.7 Å². The summed E-state index contributed by atoms with van der Waals surface area (Å²) in [5.41, 5.74) is 24.3. The smallest absolute Gasteiger partial charge is 0.255 e. The van der Waals surface area contributed by atoms with Crippen molar-refractivity contribution in [3.63, 3.8) is 0 Å². The first-order valence-corrected chi connectivity index (χ1v) is 12.9. The summed E-state index contributed by atoms with van der Waals surface area (Å²) in [6.45, 7) is 4.75. The molecule has 1 aliphatic rings. The molecule has 3 unspecified atom stereocenters. The Balaban J connectivity index is 2.02. The zero-order chi connectivity index (χ0) is 28.5. The first kappa shape index (κ1) is 29.2. The molecule has 0 fully saturated rings. The third-order valence-electron chi connectivity index (χ3n) is 6.78. The van der Waals surface area contributed by atoms with Crippen molar-refractivity contribution in [1.29, 1.82) is 0 Å².